The molecule has 0 bridgehead atoms. The molecule has 87 heavy (non-hydrogen) atoms. The van der Waals surface area contributed by atoms with Crippen LogP contribution in [0, 0.1) is 0 Å². The van der Waals surface area contributed by atoms with Crippen LogP contribution >= 0.6 is 0 Å². The molecule has 3 aliphatic heterocycles. The monoisotopic (exact) mass is 1240 g/mol. The van der Waals surface area contributed by atoms with Gasteiger partial charge in [-0.25, -0.2) is 0 Å². The quantitative estimate of drug-likeness (QED) is 0.0202. The summed E-state index contributed by atoms with van der Waals surface area (Å²) in [5, 5.41) is 120. The highest BCUT2D eigenvalue weighted by Gasteiger charge is 2.53. The summed E-state index contributed by atoms with van der Waals surface area (Å²) in [6.45, 7) is 1.58. The summed E-state index contributed by atoms with van der Waals surface area (Å²) in [6.07, 6.45) is 34.5. The minimum atomic E-state index is -1.99. The third-order valence-corrected chi connectivity index (χ3v) is 16.5. The average molecular weight is 1240 g/mol. The number of carbonyl (C=O) groups is 1. The van der Waals surface area contributed by atoms with Crippen LogP contribution < -0.4 is 5.32 Å². The van der Waals surface area contributed by atoms with E-state index in [-0.39, 0.29) is 18.9 Å². The van der Waals surface area contributed by atoms with Gasteiger partial charge >= 0.3 is 0 Å². The minimum Gasteiger partial charge on any atom is -0.394 e. The van der Waals surface area contributed by atoms with Crippen molar-refractivity contribution < 1.29 is 89.4 Å². The Labute approximate surface area is 521 Å². The van der Waals surface area contributed by atoms with Crippen molar-refractivity contribution in [2.45, 2.75) is 324 Å². The van der Waals surface area contributed by atoms with Gasteiger partial charge in [-0.15, -0.1) is 0 Å². The Hall–Kier alpha value is -2.77. The average Bonchev–Trinajstić information content (AvgIpc) is 2.97. The Morgan fingerprint density at radius 2 is 0.805 bits per heavy atom. The number of unbranched alkanes of at least 4 members (excludes halogenated alkanes) is 24. The van der Waals surface area contributed by atoms with Gasteiger partial charge < -0.3 is 89.9 Å². The van der Waals surface area contributed by atoms with Crippen molar-refractivity contribution in [1.82, 2.24) is 5.32 Å². The van der Waals surface area contributed by atoms with Crippen LogP contribution in [0.3, 0.4) is 0 Å². The molecule has 12 N–H and O–H groups in total. The van der Waals surface area contributed by atoms with Gasteiger partial charge in [0.2, 0.25) is 5.91 Å². The second kappa shape index (κ2) is 49.9. The van der Waals surface area contributed by atoms with Gasteiger partial charge in [-0.3, -0.25) is 4.79 Å². The summed E-state index contributed by atoms with van der Waals surface area (Å²) in [5.41, 5.74) is 0. The Kier molecular flexibility index (Phi) is 45.0. The number of ether oxygens (including phenoxy) is 6. The van der Waals surface area contributed by atoms with Crippen LogP contribution in [0.1, 0.15) is 219 Å². The van der Waals surface area contributed by atoms with E-state index in [0.29, 0.717) is 12.8 Å². The highest BCUT2D eigenvalue weighted by molar-refractivity contribution is 5.76. The number of aliphatic hydroxyl groups is 11. The third kappa shape index (κ3) is 32.4. The van der Waals surface area contributed by atoms with E-state index in [1.807, 2.05) is 6.08 Å². The van der Waals surface area contributed by atoms with Gasteiger partial charge in [0.05, 0.1) is 38.6 Å². The number of carbonyl (C=O) groups excluding carboxylic acids is 1. The topological polar surface area (TPSA) is 307 Å². The molecule has 0 aliphatic carbocycles. The van der Waals surface area contributed by atoms with Crippen LogP contribution in [-0.4, -0.2) is 193 Å². The Bertz CT molecular complexity index is 1860. The smallest absolute Gasteiger partial charge is 0.220 e. The van der Waals surface area contributed by atoms with E-state index >= 15 is 0 Å². The zero-order valence-corrected chi connectivity index (χ0v) is 53.0. The first-order valence-electron chi connectivity index (χ1n) is 33.7. The molecule has 17 atom stereocenters. The Balaban J connectivity index is 1.47. The first kappa shape index (κ1) is 78.5. The molecule has 17 unspecified atom stereocenters. The van der Waals surface area contributed by atoms with Crippen molar-refractivity contribution >= 4 is 5.91 Å². The fraction of sp³-hybridized carbons (Fsp3) is 0.809. The molecule has 3 heterocycles. The molecule has 3 fully saturated rings. The van der Waals surface area contributed by atoms with Crippen LogP contribution in [0.2, 0.25) is 0 Å². The molecule has 3 saturated heterocycles. The van der Waals surface area contributed by atoms with Crippen LogP contribution in [0.5, 0.6) is 0 Å². The van der Waals surface area contributed by atoms with E-state index in [1.165, 1.54) is 96.3 Å². The minimum absolute atomic E-state index is 0.217. The van der Waals surface area contributed by atoms with E-state index in [2.05, 4.69) is 79.9 Å². The third-order valence-electron chi connectivity index (χ3n) is 16.5. The van der Waals surface area contributed by atoms with Gasteiger partial charge in [-0.2, -0.15) is 0 Å². The first-order chi connectivity index (χ1) is 42.3. The van der Waals surface area contributed by atoms with E-state index in [9.17, 15) is 61.0 Å². The van der Waals surface area contributed by atoms with Crippen LogP contribution in [0.4, 0.5) is 0 Å². The van der Waals surface area contributed by atoms with Crippen molar-refractivity contribution in [2.24, 2.45) is 0 Å². The first-order valence-corrected chi connectivity index (χ1v) is 33.7. The molecule has 19 nitrogen and oxygen atoms in total. The van der Waals surface area contributed by atoms with Crippen LogP contribution in [-0.2, 0) is 33.2 Å². The van der Waals surface area contributed by atoms with Crippen molar-refractivity contribution in [3.63, 3.8) is 0 Å². The van der Waals surface area contributed by atoms with Gasteiger partial charge in [-0.05, 0) is 77.0 Å². The van der Waals surface area contributed by atoms with Gasteiger partial charge in [0.1, 0.15) is 73.2 Å². The largest absolute Gasteiger partial charge is 0.394 e. The SMILES string of the molecule is CC/C=C\C/C=C\C/C=C\CCCCCCCCCC(=O)NC(COC1OC(CO)C(OC2OC(CO)C(OC3OC(CO)C(O)C(O)C3O)C(O)C2O)C(O)C1O)C(O)/C=C/CC/C=C/CC/C=C/CCCCCCCCCCCCCCCCC. The summed E-state index contributed by atoms with van der Waals surface area (Å²) in [5.74, 6) is -0.302. The summed E-state index contributed by atoms with van der Waals surface area (Å²) in [4.78, 5) is 13.4. The number of aliphatic hydroxyl groups excluding tert-OH is 11. The number of allylic oxidation sites excluding steroid dienone is 11. The molecule has 0 aromatic heterocycles. The van der Waals surface area contributed by atoms with Crippen molar-refractivity contribution in [1.29, 1.82) is 0 Å². The van der Waals surface area contributed by atoms with Gasteiger partial charge in [0, 0.05) is 6.42 Å². The van der Waals surface area contributed by atoms with E-state index in [0.717, 1.165) is 89.9 Å². The van der Waals surface area contributed by atoms with Gasteiger partial charge in [0.25, 0.3) is 0 Å². The maximum Gasteiger partial charge on any atom is 0.220 e. The van der Waals surface area contributed by atoms with Crippen molar-refractivity contribution in [3.8, 4) is 0 Å². The second-order valence-electron chi connectivity index (χ2n) is 23.9. The lowest BCUT2D eigenvalue weighted by atomic mass is 9.96. The fourth-order valence-electron chi connectivity index (χ4n) is 11.0. The lowest BCUT2D eigenvalue weighted by molar-refractivity contribution is -0.379. The van der Waals surface area contributed by atoms with E-state index in [4.69, 9.17) is 28.4 Å². The number of amides is 1. The molecular weight excluding hydrogens is 1120 g/mol. The molecule has 504 valence electrons. The van der Waals surface area contributed by atoms with Crippen LogP contribution in [0.25, 0.3) is 0 Å². The second-order valence-corrected chi connectivity index (χ2v) is 23.9. The molecule has 1 amide bonds. The van der Waals surface area contributed by atoms with Crippen molar-refractivity contribution in [3.05, 3.63) is 72.9 Å². The molecule has 0 saturated carbocycles. The highest BCUT2D eigenvalue weighted by atomic mass is 16.8. The number of rotatable bonds is 50. The van der Waals surface area contributed by atoms with E-state index < -0.39 is 124 Å². The Morgan fingerprint density at radius 3 is 1.29 bits per heavy atom. The fourth-order valence-corrected chi connectivity index (χ4v) is 11.0. The summed E-state index contributed by atoms with van der Waals surface area (Å²) in [6, 6.07) is -1.01. The summed E-state index contributed by atoms with van der Waals surface area (Å²) >= 11 is 0. The summed E-state index contributed by atoms with van der Waals surface area (Å²) < 4.78 is 34.3. The Morgan fingerprint density at radius 1 is 0.425 bits per heavy atom. The van der Waals surface area contributed by atoms with Gasteiger partial charge in [0.15, 0.2) is 18.9 Å². The lowest BCUT2D eigenvalue weighted by Gasteiger charge is -2.48. The molecule has 3 rings (SSSR count). The van der Waals surface area contributed by atoms with Gasteiger partial charge in [-0.1, -0.05) is 209 Å². The molecule has 3 aliphatic rings. The zero-order valence-electron chi connectivity index (χ0n) is 53.0. The molecule has 0 aromatic rings. The van der Waals surface area contributed by atoms with E-state index in [1.54, 1.807) is 6.08 Å². The predicted octanol–water partition coefficient (Wildman–Crippen LogP) is 8.16. The molecule has 19 heteroatoms. The molecule has 0 aromatic carbocycles. The normalized spacial score (nSPS) is 29.0. The maximum absolute atomic E-state index is 13.4. The standard InChI is InChI=1S/C68H119NO18/c1-3-5-7-9-11-13-15-17-19-21-22-23-24-25-26-27-28-30-31-33-35-37-39-41-43-45-52(73)51(69-56(74)46-44-42-40-38-36-34-32-29-20-18-16-14-12-10-8-6-4-2)50-82-66-62(80)59(77)64(54(48-71)84-66)87-68-63(81)60(78)65(55(49-72)85-68)86-67-61(79)58(76)57(75)53(47-70)83-67/h6,8,12,14,18,20,28,30,35,37,43,45,51-55,57-68,70-73,75-81H,3-5,7,9-11,13,15-17,19,21-27,29,31-34,36,38-42,44,46-50H2,1-2H3,(H,69,74)/b8-6-,14-12-,20-18-,30-28+,37-35+,45-43+. The maximum atomic E-state index is 13.4. The van der Waals surface area contributed by atoms with Crippen LogP contribution in [0.15, 0.2) is 72.9 Å². The highest BCUT2D eigenvalue weighted by Crippen LogP contribution is 2.33. The molecular formula is C68H119NO18. The molecule has 0 spiro atoms. The number of hydrogen-bond acceptors (Lipinski definition) is 18. The number of nitrogens with one attached hydrogen (secondary N) is 1. The predicted molar refractivity (Wildman–Crippen MR) is 337 cm³/mol. The molecule has 0 radical (unpaired) electrons. The van der Waals surface area contributed by atoms with Crippen molar-refractivity contribution in [2.75, 3.05) is 26.4 Å². The summed E-state index contributed by atoms with van der Waals surface area (Å²) in [7, 11) is 0. The number of hydrogen-bond donors (Lipinski definition) is 12. The lowest BCUT2D eigenvalue weighted by Crippen LogP contribution is -2.66. The zero-order chi connectivity index (χ0) is 63.3.